The van der Waals surface area contributed by atoms with E-state index in [0.29, 0.717) is 18.3 Å². The van der Waals surface area contributed by atoms with Gasteiger partial charge in [-0.15, -0.1) is 0 Å². The van der Waals surface area contributed by atoms with Crippen LogP contribution in [0.25, 0.3) is 0 Å². The highest BCUT2D eigenvalue weighted by Crippen LogP contribution is 2.39. The minimum absolute atomic E-state index is 0.0279. The van der Waals surface area contributed by atoms with E-state index in [4.69, 9.17) is 5.84 Å². The zero-order valence-corrected chi connectivity index (χ0v) is 10.9. The van der Waals surface area contributed by atoms with Crippen LogP contribution in [-0.4, -0.2) is 35.0 Å². The molecule has 0 radical (unpaired) electrons. The molecule has 19 heavy (non-hydrogen) atoms. The number of rotatable bonds is 3. The molecule has 7 heteroatoms. The maximum atomic E-state index is 11.7. The van der Waals surface area contributed by atoms with Gasteiger partial charge in [-0.3, -0.25) is 4.79 Å². The Kier molecular flexibility index (Phi) is 2.98. The van der Waals surface area contributed by atoms with Crippen LogP contribution in [0.2, 0.25) is 0 Å². The second-order valence-electron chi connectivity index (χ2n) is 5.05. The van der Waals surface area contributed by atoms with E-state index in [-0.39, 0.29) is 11.9 Å². The smallest absolute Gasteiger partial charge is 0.242 e. The second kappa shape index (κ2) is 4.65. The number of aromatic nitrogens is 2. The lowest BCUT2D eigenvalue weighted by Gasteiger charge is -2.34. The Morgan fingerprint density at radius 1 is 1.47 bits per heavy atom. The largest absolute Gasteiger partial charge is 0.353 e. The summed E-state index contributed by atoms with van der Waals surface area (Å²) in [6.07, 6.45) is 2.26. The first-order chi connectivity index (χ1) is 9.19. The number of hydrogen-bond donors (Lipinski definition) is 3. The SMILES string of the molecule is CC1C(=O)NCCN1c1cc(NN)nc(C2CC2)n1. The molecule has 0 spiro atoms. The van der Waals surface area contributed by atoms with Crippen molar-refractivity contribution in [1.29, 1.82) is 0 Å². The van der Waals surface area contributed by atoms with Gasteiger partial charge in [0.2, 0.25) is 5.91 Å². The molecule has 1 aromatic rings. The summed E-state index contributed by atoms with van der Waals surface area (Å²) in [5.41, 5.74) is 2.58. The van der Waals surface area contributed by atoms with Gasteiger partial charge in [0.1, 0.15) is 23.5 Å². The van der Waals surface area contributed by atoms with Crippen molar-refractivity contribution in [3.8, 4) is 0 Å². The first-order valence-corrected chi connectivity index (χ1v) is 6.59. The molecule has 2 heterocycles. The summed E-state index contributed by atoms with van der Waals surface area (Å²) in [5.74, 6) is 8.13. The Hall–Kier alpha value is -1.89. The average Bonchev–Trinajstić information content (AvgIpc) is 3.26. The number of nitrogens with two attached hydrogens (primary N) is 1. The van der Waals surface area contributed by atoms with Crippen molar-refractivity contribution in [3.63, 3.8) is 0 Å². The van der Waals surface area contributed by atoms with Crippen LogP contribution in [0.3, 0.4) is 0 Å². The Labute approximate surface area is 111 Å². The summed E-state index contributed by atoms with van der Waals surface area (Å²) in [5, 5.41) is 2.85. The molecule has 4 N–H and O–H groups in total. The number of carbonyl (C=O) groups excluding carboxylic acids is 1. The topological polar surface area (TPSA) is 96.2 Å². The molecule has 2 fully saturated rings. The lowest BCUT2D eigenvalue weighted by molar-refractivity contribution is -0.122. The third-order valence-corrected chi connectivity index (χ3v) is 3.61. The molecule has 0 bridgehead atoms. The van der Waals surface area contributed by atoms with Crippen molar-refractivity contribution >= 4 is 17.5 Å². The van der Waals surface area contributed by atoms with Gasteiger partial charge in [-0.2, -0.15) is 0 Å². The molecule has 1 unspecified atom stereocenters. The zero-order valence-electron chi connectivity index (χ0n) is 10.9. The lowest BCUT2D eigenvalue weighted by Crippen LogP contribution is -2.54. The summed E-state index contributed by atoms with van der Waals surface area (Å²) in [7, 11) is 0. The van der Waals surface area contributed by atoms with Crippen LogP contribution < -0.4 is 21.5 Å². The maximum Gasteiger partial charge on any atom is 0.242 e. The molecule has 0 aromatic carbocycles. The van der Waals surface area contributed by atoms with Crippen molar-refractivity contribution < 1.29 is 4.79 Å². The number of hydrazine groups is 1. The monoisotopic (exact) mass is 262 g/mol. The first kappa shape index (κ1) is 12.2. The molecule has 1 saturated heterocycles. The van der Waals surface area contributed by atoms with E-state index < -0.39 is 0 Å². The Morgan fingerprint density at radius 2 is 2.26 bits per heavy atom. The molecule has 1 atom stereocenters. The third-order valence-electron chi connectivity index (χ3n) is 3.61. The number of nitrogens with zero attached hydrogens (tertiary/aromatic N) is 3. The van der Waals surface area contributed by atoms with Crippen molar-refractivity contribution in [2.75, 3.05) is 23.4 Å². The molecular weight excluding hydrogens is 244 g/mol. The van der Waals surface area contributed by atoms with Crippen LogP contribution in [0.5, 0.6) is 0 Å². The van der Waals surface area contributed by atoms with Gasteiger partial charge in [0.05, 0.1) is 0 Å². The number of nitrogen functional groups attached to an aromatic ring is 1. The van der Waals surface area contributed by atoms with E-state index in [1.807, 2.05) is 11.8 Å². The Morgan fingerprint density at radius 3 is 2.95 bits per heavy atom. The summed E-state index contributed by atoms with van der Waals surface area (Å²) in [6.45, 7) is 3.26. The van der Waals surface area contributed by atoms with Gasteiger partial charge in [0, 0.05) is 25.1 Å². The van der Waals surface area contributed by atoms with Crippen molar-refractivity contribution in [3.05, 3.63) is 11.9 Å². The molecule has 1 aromatic heterocycles. The zero-order chi connectivity index (χ0) is 13.4. The molecule has 102 valence electrons. The molecule has 2 aliphatic rings. The molecule has 1 saturated carbocycles. The number of hydrogen-bond acceptors (Lipinski definition) is 6. The van der Waals surface area contributed by atoms with Gasteiger partial charge in [-0.1, -0.05) is 0 Å². The van der Waals surface area contributed by atoms with Crippen molar-refractivity contribution in [2.24, 2.45) is 5.84 Å². The van der Waals surface area contributed by atoms with Crippen LogP contribution in [0, 0.1) is 0 Å². The highest BCUT2D eigenvalue weighted by Gasteiger charge is 2.30. The normalized spacial score (nSPS) is 23.2. The quantitative estimate of drug-likeness (QED) is 0.522. The van der Waals surface area contributed by atoms with Gasteiger partial charge in [0.25, 0.3) is 0 Å². The van der Waals surface area contributed by atoms with Gasteiger partial charge < -0.3 is 15.6 Å². The van der Waals surface area contributed by atoms with E-state index >= 15 is 0 Å². The van der Waals surface area contributed by atoms with E-state index in [9.17, 15) is 4.79 Å². The summed E-state index contributed by atoms with van der Waals surface area (Å²) in [4.78, 5) is 22.7. The number of amides is 1. The molecule has 7 nitrogen and oxygen atoms in total. The lowest BCUT2D eigenvalue weighted by atomic mass is 10.2. The molecular formula is C12H18N6O. The van der Waals surface area contributed by atoms with Gasteiger partial charge in [-0.05, 0) is 19.8 Å². The predicted molar refractivity (Wildman–Crippen MR) is 71.6 cm³/mol. The molecule has 1 aliphatic heterocycles. The Bertz CT molecular complexity index is 501. The van der Waals surface area contributed by atoms with Crippen molar-refractivity contribution in [2.45, 2.75) is 31.7 Å². The van der Waals surface area contributed by atoms with E-state index in [1.54, 1.807) is 6.07 Å². The average molecular weight is 262 g/mol. The fourth-order valence-electron chi connectivity index (χ4n) is 2.29. The standard InChI is InChI=1S/C12H18N6O/c1-7-12(19)14-4-5-18(7)10-6-9(17-13)15-11(16-10)8-2-3-8/h6-8H,2-5,13H2,1H3,(H,14,19)(H,15,16,17). The van der Waals surface area contributed by atoms with Crippen LogP contribution >= 0.6 is 0 Å². The first-order valence-electron chi connectivity index (χ1n) is 6.59. The minimum Gasteiger partial charge on any atom is -0.353 e. The third kappa shape index (κ3) is 2.33. The van der Waals surface area contributed by atoms with E-state index in [1.165, 1.54) is 0 Å². The van der Waals surface area contributed by atoms with Crippen molar-refractivity contribution in [1.82, 2.24) is 15.3 Å². The summed E-state index contributed by atoms with van der Waals surface area (Å²) >= 11 is 0. The maximum absolute atomic E-state index is 11.7. The number of anilines is 2. The van der Waals surface area contributed by atoms with Crippen LogP contribution in [0.15, 0.2) is 6.07 Å². The van der Waals surface area contributed by atoms with Crippen LogP contribution in [0.1, 0.15) is 31.5 Å². The van der Waals surface area contributed by atoms with Crippen LogP contribution in [-0.2, 0) is 4.79 Å². The van der Waals surface area contributed by atoms with E-state index in [2.05, 4.69) is 20.7 Å². The second-order valence-corrected chi connectivity index (χ2v) is 5.05. The fourth-order valence-corrected chi connectivity index (χ4v) is 2.29. The fraction of sp³-hybridized carbons (Fsp3) is 0.583. The minimum atomic E-state index is -0.221. The Balaban J connectivity index is 1.94. The van der Waals surface area contributed by atoms with Gasteiger partial charge >= 0.3 is 0 Å². The predicted octanol–water partition coefficient (Wildman–Crippen LogP) is -0.0357. The number of piperazine rings is 1. The summed E-state index contributed by atoms with van der Waals surface area (Å²) in [6, 6.07) is 1.57. The number of carbonyl (C=O) groups is 1. The molecule has 1 amide bonds. The van der Waals surface area contributed by atoms with E-state index in [0.717, 1.165) is 31.0 Å². The highest BCUT2D eigenvalue weighted by molar-refractivity contribution is 5.85. The number of nitrogens with one attached hydrogen (secondary N) is 2. The molecule has 1 aliphatic carbocycles. The summed E-state index contributed by atoms with van der Waals surface area (Å²) < 4.78 is 0. The van der Waals surface area contributed by atoms with Gasteiger partial charge in [0.15, 0.2) is 0 Å². The molecule has 3 rings (SSSR count). The van der Waals surface area contributed by atoms with Crippen LogP contribution in [0.4, 0.5) is 11.6 Å². The highest BCUT2D eigenvalue weighted by atomic mass is 16.2. The van der Waals surface area contributed by atoms with Gasteiger partial charge in [-0.25, -0.2) is 15.8 Å².